The van der Waals surface area contributed by atoms with E-state index in [9.17, 15) is 9.18 Å². The third-order valence-corrected chi connectivity index (χ3v) is 4.03. The van der Waals surface area contributed by atoms with Crippen molar-refractivity contribution in [2.24, 2.45) is 0 Å². The zero-order valence-electron chi connectivity index (χ0n) is 14.7. The third-order valence-electron chi connectivity index (χ3n) is 4.03. The highest BCUT2D eigenvalue weighted by molar-refractivity contribution is 5.89. The lowest BCUT2D eigenvalue weighted by Crippen LogP contribution is -2.28. The molecule has 0 aromatic heterocycles. The lowest BCUT2D eigenvalue weighted by atomic mass is 10.1. The maximum absolute atomic E-state index is 13.7. The van der Waals surface area contributed by atoms with Gasteiger partial charge in [-0.2, -0.15) is 0 Å². The Labute approximate surface area is 147 Å². The second-order valence-corrected chi connectivity index (χ2v) is 7.34. The molecule has 0 bridgehead atoms. The molecular formula is C20H23FN2O2. The summed E-state index contributed by atoms with van der Waals surface area (Å²) < 4.78 is 19.0. The van der Waals surface area contributed by atoms with E-state index in [-0.39, 0.29) is 11.9 Å². The SMILES string of the molecule is CC(C)(C)OC(=O)Nc1ccc(F)cc1NC1Cc2ccccc2C1. The molecule has 0 heterocycles. The minimum Gasteiger partial charge on any atom is -0.444 e. The second-order valence-electron chi connectivity index (χ2n) is 7.34. The fourth-order valence-electron chi connectivity index (χ4n) is 3.04. The standard InChI is InChI=1S/C20H23FN2O2/c1-20(2,3)25-19(24)23-17-9-8-15(21)12-18(17)22-16-10-13-6-4-5-7-14(13)11-16/h4-9,12,16,22H,10-11H2,1-3H3,(H,23,24). The number of hydrogen-bond acceptors (Lipinski definition) is 3. The first kappa shape index (κ1) is 17.3. The predicted molar refractivity (Wildman–Crippen MR) is 97.5 cm³/mol. The Morgan fingerprint density at radius 3 is 2.32 bits per heavy atom. The van der Waals surface area contributed by atoms with E-state index >= 15 is 0 Å². The fraction of sp³-hybridized carbons (Fsp3) is 0.350. The van der Waals surface area contributed by atoms with Crippen LogP contribution in [0.15, 0.2) is 42.5 Å². The molecule has 0 atom stereocenters. The monoisotopic (exact) mass is 342 g/mol. The lowest BCUT2D eigenvalue weighted by molar-refractivity contribution is 0.0636. The molecule has 0 aliphatic heterocycles. The van der Waals surface area contributed by atoms with Crippen LogP contribution in [0.25, 0.3) is 0 Å². The number of amides is 1. The zero-order chi connectivity index (χ0) is 18.0. The number of carbonyl (C=O) groups excluding carboxylic acids is 1. The molecule has 4 nitrogen and oxygen atoms in total. The summed E-state index contributed by atoms with van der Waals surface area (Å²) in [4.78, 5) is 12.0. The van der Waals surface area contributed by atoms with Crippen LogP contribution in [0.2, 0.25) is 0 Å². The van der Waals surface area contributed by atoms with Crippen LogP contribution in [0, 0.1) is 5.82 Å². The van der Waals surface area contributed by atoms with Crippen LogP contribution in [-0.4, -0.2) is 17.7 Å². The zero-order valence-corrected chi connectivity index (χ0v) is 14.7. The Hall–Kier alpha value is -2.56. The minimum absolute atomic E-state index is 0.165. The number of halogens is 1. The largest absolute Gasteiger partial charge is 0.444 e. The van der Waals surface area contributed by atoms with E-state index < -0.39 is 11.7 Å². The molecule has 2 aromatic carbocycles. The van der Waals surface area contributed by atoms with Crippen molar-refractivity contribution in [3.8, 4) is 0 Å². The Morgan fingerprint density at radius 2 is 1.72 bits per heavy atom. The quantitative estimate of drug-likeness (QED) is 0.846. The molecule has 0 saturated carbocycles. The highest BCUT2D eigenvalue weighted by Gasteiger charge is 2.22. The summed E-state index contributed by atoms with van der Waals surface area (Å²) in [5.41, 5.74) is 3.08. The Kier molecular flexibility index (Phi) is 4.66. The average Bonchev–Trinajstić information content (AvgIpc) is 2.90. The third kappa shape index (κ3) is 4.50. The minimum atomic E-state index is -0.592. The number of anilines is 2. The molecule has 0 spiro atoms. The van der Waals surface area contributed by atoms with Crippen LogP contribution in [0.5, 0.6) is 0 Å². The molecule has 0 radical (unpaired) electrons. The van der Waals surface area contributed by atoms with E-state index in [1.165, 1.54) is 23.3 Å². The molecule has 2 N–H and O–H groups in total. The maximum Gasteiger partial charge on any atom is 0.412 e. The van der Waals surface area contributed by atoms with Crippen molar-refractivity contribution in [2.75, 3.05) is 10.6 Å². The average molecular weight is 342 g/mol. The van der Waals surface area contributed by atoms with Crippen molar-refractivity contribution in [1.82, 2.24) is 0 Å². The van der Waals surface area contributed by atoms with Gasteiger partial charge in [0.25, 0.3) is 0 Å². The normalized spacial score (nSPS) is 14.1. The van der Waals surface area contributed by atoms with E-state index in [1.807, 2.05) is 12.1 Å². The number of ether oxygens (including phenoxy) is 1. The summed E-state index contributed by atoms with van der Waals surface area (Å²) >= 11 is 0. The van der Waals surface area contributed by atoms with Gasteiger partial charge in [0, 0.05) is 6.04 Å². The van der Waals surface area contributed by atoms with Gasteiger partial charge < -0.3 is 10.1 Å². The van der Waals surface area contributed by atoms with Gasteiger partial charge in [0.15, 0.2) is 0 Å². The highest BCUT2D eigenvalue weighted by atomic mass is 19.1. The van der Waals surface area contributed by atoms with Crippen LogP contribution < -0.4 is 10.6 Å². The van der Waals surface area contributed by atoms with Crippen molar-refractivity contribution in [1.29, 1.82) is 0 Å². The second kappa shape index (κ2) is 6.75. The number of benzene rings is 2. The van der Waals surface area contributed by atoms with Gasteiger partial charge in [0.2, 0.25) is 0 Å². The molecule has 0 fully saturated rings. The molecule has 1 aliphatic rings. The van der Waals surface area contributed by atoms with Crippen molar-refractivity contribution in [3.05, 3.63) is 59.4 Å². The van der Waals surface area contributed by atoms with E-state index in [2.05, 4.69) is 22.8 Å². The first-order valence-corrected chi connectivity index (χ1v) is 8.43. The predicted octanol–water partition coefficient (Wildman–Crippen LogP) is 4.75. The van der Waals surface area contributed by atoms with E-state index in [1.54, 1.807) is 26.8 Å². The number of carbonyl (C=O) groups is 1. The topological polar surface area (TPSA) is 50.4 Å². The maximum atomic E-state index is 13.7. The van der Waals surface area contributed by atoms with Crippen molar-refractivity contribution >= 4 is 17.5 Å². The number of rotatable bonds is 3. The van der Waals surface area contributed by atoms with Crippen LogP contribution in [0.1, 0.15) is 31.9 Å². The van der Waals surface area contributed by atoms with Gasteiger partial charge in [-0.3, -0.25) is 5.32 Å². The Bertz CT molecular complexity index is 759. The molecule has 1 aliphatic carbocycles. The van der Waals surface area contributed by atoms with Crippen LogP contribution in [0.4, 0.5) is 20.6 Å². The molecule has 0 saturated heterocycles. The molecule has 132 valence electrons. The Morgan fingerprint density at radius 1 is 1.08 bits per heavy atom. The smallest absolute Gasteiger partial charge is 0.412 e. The van der Waals surface area contributed by atoms with Gasteiger partial charge in [-0.15, -0.1) is 0 Å². The summed E-state index contributed by atoms with van der Waals surface area (Å²) in [7, 11) is 0. The molecule has 5 heteroatoms. The van der Waals surface area contributed by atoms with Crippen LogP contribution in [0.3, 0.4) is 0 Å². The first-order valence-electron chi connectivity index (χ1n) is 8.43. The van der Waals surface area contributed by atoms with Crippen LogP contribution >= 0.6 is 0 Å². The summed E-state index contributed by atoms with van der Waals surface area (Å²) in [5, 5.41) is 6.05. The highest BCUT2D eigenvalue weighted by Crippen LogP contribution is 2.29. The lowest BCUT2D eigenvalue weighted by Gasteiger charge is -2.21. The molecule has 2 aromatic rings. The van der Waals surface area contributed by atoms with E-state index in [0.717, 1.165) is 12.8 Å². The van der Waals surface area contributed by atoms with Crippen LogP contribution in [-0.2, 0) is 17.6 Å². The Balaban J connectivity index is 1.73. The van der Waals surface area contributed by atoms with Crippen molar-refractivity contribution in [3.63, 3.8) is 0 Å². The van der Waals surface area contributed by atoms with Gasteiger partial charge in [-0.1, -0.05) is 24.3 Å². The molecule has 25 heavy (non-hydrogen) atoms. The molecule has 1 amide bonds. The van der Waals surface area contributed by atoms with E-state index in [0.29, 0.717) is 11.4 Å². The van der Waals surface area contributed by atoms with Gasteiger partial charge in [-0.05, 0) is 62.9 Å². The van der Waals surface area contributed by atoms with Gasteiger partial charge in [0.1, 0.15) is 11.4 Å². The number of nitrogens with one attached hydrogen (secondary N) is 2. The summed E-state index contributed by atoms with van der Waals surface area (Å²) in [5.74, 6) is -0.354. The van der Waals surface area contributed by atoms with Crippen molar-refractivity contribution < 1.29 is 13.9 Å². The number of fused-ring (bicyclic) bond motifs is 1. The van der Waals surface area contributed by atoms with Gasteiger partial charge >= 0.3 is 6.09 Å². The van der Waals surface area contributed by atoms with E-state index in [4.69, 9.17) is 4.74 Å². The first-order chi connectivity index (χ1) is 11.8. The van der Waals surface area contributed by atoms with Crippen molar-refractivity contribution in [2.45, 2.75) is 45.3 Å². The number of hydrogen-bond donors (Lipinski definition) is 2. The fourth-order valence-corrected chi connectivity index (χ4v) is 3.04. The molecule has 3 rings (SSSR count). The molecule has 0 unspecified atom stereocenters. The summed E-state index contributed by atoms with van der Waals surface area (Å²) in [6.45, 7) is 5.39. The summed E-state index contributed by atoms with van der Waals surface area (Å²) in [6.07, 6.45) is 1.19. The van der Waals surface area contributed by atoms with Gasteiger partial charge in [-0.25, -0.2) is 9.18 Å². The summed E-state index contributed by atoms with van der Waals surface area (Å²) in [6, 6.07) is 12.7. The van der Waals surface area contributed by atoms with Gasteiger partial charge in [0.05, 0.1) is 11.4 Å². The molecular weight excluding hydrogens is 319 g/mol.